The molecule has 2 aromatic rings. The van der Waals surface area contributed by atoms with Crippen LogP contribution in [0.3, 0.4) is 0 Å². The van der Waals surface area contributed by atoms with Crippen LogP contribution in [0.2, 0.25) is 36.3 Å². The lowest BCUT2D eigenvalue weighted by molar-refractivity contribution is -0.138. The van der Waals surface area contributed by atoms with Crippen molar-refractivity contribution in [2.24, 2.45) is 0 Å². The monoisotopic (exact) mass is 502 g/mol. The summed E-state index contributed by atoms with van der Waals surface area (Å²) in [6.45, 7) is 22.2. The van der Waals surface area contributed by atoms with Gasteiger partial charge in [0, 0.05) is 21.9 Å². The number of hydrogen-bond acceptors (Lipinski definition) is 5. The number of carbonyl (C=O) groups is 1. The number of fused-ring (bicyclic) bond motifs is 2. The number of benzene rings is 2. The van der Waals surface area contributed by atoms with Crippen molar-refractivity contribution in [3.8, 4) is 11.5 Å². The molecule has 0 bridgehead atoms. The topological polar surface area (TPSA) is 54.0 Å². The molecule has 3 rings (SSSR count). The molecule has 1 atom stereocenters. The lowest BCUT2D eigenvalue weighted by atomic mass is 9.95. The zero-order valence-corrected chi connectivity index (χ0v) is 24.8. The largest absolute Gasteiger partial charge is 0.543 e. The Morgan fingerprint density at radius 2 is 1.47 bits per heavy atom. The van der Waals surface area contributed by atoms with Crippen LogP contribution < -0.4 is 9.16 Å². The van der Waals surface area contributed by atoms with Crippen LogP contribution in [-0.4, -0.2) is 29.7 Å². The van der Waals surface area contributed by atoms with E-state index in [-0.39, 0.29) is 22.5 Å². The van der Waals surface area contributed by atoms with Crippen molar-refractivity contribution in [3.63, 3.8) is 0 Å². The minimum atomic E-state index is -2.22. The first-order valence-corrected chi connectivity index (χ1v) is 18.0. The minimum Gasteiger partial charge on any atom is -0.543 e. The maximum absolute atomic E-state index is 13.1. The zero-order chi connectivity index (χ0) is 25.7. The van der Waals surface area contributed by atoms with Crippen LogP contribution in [0.25, 0.3) is 10.8 Å². The predicted molar refractivity (Wildman–Crippen MR) is 144 cm³/mol. The number of ether oxygens (including phenoxy) is 2. The highest BCUT2D eigenvalue weighted by molar-refractivity contribution is 6.75. The summed E-state index contributed by atoms with van der Waals surface area (Å²) in [6.07, 6.45) is -0.264. The summed E-state index contributed by atoms with van der Waals surface area (Å²) in [6, 6.07) is 8.16. The van der Waals surface area contributed by atoms with E-state index in [1.165, 1.54) is 0 Å². The molecule has 1 heterocycles. The first-order valence-electron chi connectivity index (χ1n) is 12.1. The third kappa shape index (κ3) is 4.93. The molecule has 1 aliphatic heterocycles. The third-order valence-corrected chi connectivity index (χ3v) is 16.6. The van der Waals surface area contributed by atoms with Crippen LogP contribution in [0.5, 0.6) is 11.5 Å². The van der Waals surface area contributed by atoms with Crippen molar-refractivity contribution in [1.82, 2.24) is 0 Å². The lowest BCUT2D eigenvalue weighted by Crippen LogP contribution is -2.44. The Bertz CT molecular complexity index is 1080. The molecule has 1 aliphatic rings. The molecule has 0 saturated carbocycles. The molecule has 5 nitrogen and oxygen atoms in total. The Morgan fingerprint density at radius 1 is 0.941 bits per heavy atom. The van der Waals surface area contributed by atoms with Gasteiger partial charge in [-0.15, -0.1) is 0 Å². The van der Waals surface area contributed by atoms with E-state index in [1.54, 1.807) is 7.11 Å². The van der Waals surface area contributed by atoms with E-state index in [1.807, 2.05) is 12.1 Å². The van der Waals surface area contributed by atoms with Gasteiger partial charge in [-0.2, -0.15) is 0 Å². The van der Waals surface area contributed by atoms with Crippen LogP contribution in [0, 0.1) is 0 Å². The number of rotatable bonds is 6. The van der Waals surface area contributed by atoms with Gasteiger partial charge >= 0.3 is 0 Å². The van der Waals surface area contributed by atoms with Crippen molar-refractivity contribution in [1.29, 1.82) is 0 Å². The molecule has 0 N–H and O–H groups in total. The molecular formula is C27H42O5Si2. The van der Waals surface area contributed by atoms with Gasteiger partial charge in [-0.25, -0.2) is 0 Å². The Kier molecular flexibility index (Phi) is 7.08. The fraction of sp³-hybridized carbons (Fsp3) is 0.593. The van der Waals surface area contributed by atoms with Crippen molar-refractivity contribution in [3.05, 3.63) is 35.4 Å². The molecule has 188 valence electrons. The van der Waals surface area contributed by atoms with E-state index in [0.717, 1.165) is 33.4 Å². The lowest BCUT2D eigenvalue weighted by Gasteiger charge is -2.38. The quantitative estimate of drug-likeness (QED) is 0.378. The zero-order valence-electron chi connectivity index (χ0n) is 22.8. The second-order valence-electron chi connectivity index (χ2n) is 12.4. The van der Waals surface area contributed by atoms with Crippen molar-refractivity contribution in [2.45, 2.75) is 96.9 Å². The van der Waals surface area contributed by atoms with Gasteiger partial charge in [-0.1, -0.05) is 65.8 Å². The molecule has 0 radical (unpaired) electrons. The Hall–Kier alpha value is -1.84. The first kappa shape index (κ1) is 26.8. The van der Waals surface area contributed by atoms with E-state index >= 15 is 0 Å². The number of carbonyl (C=O) groups excluding carboxylic acids is 1. The molecule has 2 aromatic carbocycles. The standard InChI is InChI=1S/C27H42O5Si2/c1-26(2,3)33(8,9)31-22(28)16-21-23-20(17-30-21)24(29-7)18-14-12-13-15-19(18)25(23)32-34(10,11)27(4,5)6/h12-15,21H,16-17H2,1-11H3/t21-/m0/s1. The maximum atomic E-state index is 13.1. The predicted octanol–water partition coefficient (Wildman–Crippen LogP) is 7.74. The summed E-state index contributed by atoms with van der Waals surface area (Å²) in [4.78, 5) is 13.1. The molecule has 0 spiro atoms. The molecule has 0 amide bonds. The van der Waals surface area contributed by atoms with Crippen molar-refractivity contribution < 1.29 is 23.1 Å². The van der Waals surface area contributed by atoms with Crippen LogP contribution in [0.4, 0.5) is 0 Å². The molecule has 0 saturated heterocycles. The molecule has 34 heavy (non-hydrogen) atoms. The average Bonchev–Trinajstić information content (AvgIpc) is 3.09. The molecule has 0 fully saturated rings. The van der Waals surface area contributed by atoms with Gasteiger partial charge in [0.1, 0.15) is 11.5 Å². The van der Waals surface area contributed by atoms with E-state index in [2.05, 4.69) is 79.9 Å². The summed E-state index contributed by atoms with van der Waals surface area (Å²) in [5.74, 6) is 1.42. The van der Waals surface area contributed by atoms with E-state index in [0.29, 0.717) is 6.61 Å². The Balaban J connectivity index is 2.11. The third-order valence-electron chi connectivity index (χ3n) is 7.91. The maximum Gasteiger partial charge on any atom is 0.295 e. The van der Waals surface area contributed by atoms with Gasteiger partial charge in [0.25, 0.3) is 22.6 Å². The highest BCUT2D eigenvalue weighted by Gasteiger charge is 2.44. The summed E-state index contributed by atoms with van der Waals surface area (Å²) >= 11 is 0. The van der Waals surface area contributed by atoms with Crippen molar-refractivity contribution >= 4 is 33.4 Å². The van der Waals surface area contributed by atoms with Gasteiger partial charge in [0.2, 0.25) is 0 Å². The summed E-state index contributed by atoms with van der Waals surface area (Å²) < 4.78 is 25.1. The van der Waals surface area contributed by atoms with Crippen LogP contribution >= 0.6 is 0 Å². The fourth-order valence-electron chi connectivity index (χ4n) is 3.74. The second kappa shape index (κ2) is 8.99. The van der Waals surface area contributed by atoms with E-state index < -0.39 is 22.7 Å². The van der Waals surface area contributed by atoms with Gasteiger partial charge in [-0.3, -0.25) is 4.79 Å². The van der Waals surface area contributed by atoms with Crippen molar-refractivity contribution in [2.75, 3.05) is 7.11 Å². The highest BCUT2D eigenvalue weighted by Crippen LogP contribution is 2.51. The molecular weight excluding hydrogens is 460 g/mol. The average molecular weight is 503 g/mol. The number of hydrogen-bond donors (Lipinski definition) is 0. The molecule has 0 aromatic heterocycles. The fourth-order valence-corrected chi connectivity index (χ4v) is 5.74. The van der Waals surface area contributed by atoms with Crippen LogP contribution in [-0.2, 0) is 20.6 Å². The number of methoxy groups -OCH3 is 1. The second-order valence-corrected chi connectivity index (χ2v) is 21.9. The molecule has 0 aliphatic carbocycles. The summed E-state index contributed by atoms with van der Waals surface area (Å²) in [5.41, 5.74) is 1.91. The normalized spacial score (nSPS) is 17.0. The highest BCUT2D eigenvalue weighted by atomic mass is 28.4. The minimum absolute atomic E-state index is 0.0249. The summed E-state index contributed by atoms with van der Waals surface area (Å²) in [7, 11) is -2.71. The SMILES string of the molecule is COc1c2c(c(O[Si](C)(C)C(C)(C)C)c3ccccc13)[C@H](CC(=O)O[Si](C)(C)C(C)(C)C)OC2. The van der Waals surface area contributed by atoms with E-state index in [9.17, 15) is 4.79 Å². The van der Waals surface area contributed by atoms with Gasteiger partial charge in [0.15, 0.2) is 0 Å². The first-order chi connectivity index (χ1) is 15.5. The Morgan fingerprint density at radius 3 is 1.97 bits per heavy atom. The molecule has 0 unspecified atom stereocenters. The Labute approximate surface area is 207 Å². The molecule has 7 heteroatoms. The van der Waals surface area contributed by atoms with Crippen LogP contribution in [0.1, 0.15) is 65.2 Å². The summed E-state index contributed by atoms with van der Waals surface area (Å²) in [5, 5.41) is 1.98. The smallest absolute Gasteiger partial charge is 0.295 e. The van der Waals surface area contributed by atoms with Gasteiger partial charge < -0.3 is 18.3 Å². The van der Waals surface area contributed by atoms with Gasteiger partial charge in [-0.05, 0) is 36.3 Å². The van der Waals surface area contributed by atoms with E-state index in [4.69, 9.17) is 18.3 Å². The van der Waals surface area contributed by atoms with Gasteiger partial charge in [0.05, 0.1) is 26.2 Å². The van der Waals surface area contributed by atoms with Crippen LogP contribution in [0.15, 0.2) is 24.3 Å².